The first-order valence-electron chi connectivity index (χ1n) is 8.90. The first-order chi connectivity index (χ1) is 12.7. The lowest BCUT2D eigenvalue weighted by atomic mass is 10.0. The van der Waals surface area contributed by atoms with Crippen LogP contribution in [-0.4, -0.2) is 42.0 Å². The minimum absolute atomic E-state index is 0.169. The number of para-hydroxylation sites is 1. The quantitative estimate of drug-likeness (QED) is 0.723. The number of benzene rings is 1. The van der Waals surface area contributed by atoms with E-state index >= 15 is 0 Å². The van der Waals surface area contributed by atoms with Gasteiger partial charge in [-0.15, -0.1) is 11.3 Å². The van der Waals surface area contributed by atoms with Crippen LogP contribution in [0.3, 0.4) is 0 Å². The second-order valence-electron chi connectivity index (χ2n) is 7.13. The zero-order valence-electron chi connectivity index (χ0n) is 14.5. The van der Waals surface area contributed by atoms with Gasteiger partial charge >= 0.3 is 0 Å². The molecule has 5 rings (SSSR count). The van der Waals surface area contributed by atoms with Crippen LogP contribution in [0.4, 0.5) is 10.8 Å². The van der Waals surface area contributed by atoms with E-state index in [1.54, 1.807) is 11.3 Å². The summed E-state index contributed by atoms with van der Waals surface area (Å²) < 4.78 is 1.08. The minimum atomic E-state index is 0.169. The number of nitrogens with zero attached hydrogens (tertiary/aromatic N) is 2. The van der Waals surface area contributed by atoms with Gasteiger partial charge in [-0.3, -0.25) is 4.79 Å². The van der Waals surface area contributed by atoms with Gasteiger partial charge < -0.3 is 15.5 Å². The number of nitrogens with one attached hydrogen (secondary N) is 2. The molecule has 0 bridgehead atoms. The number of carbonyl (C=O) groups excluding carboxylic acids is 1. The molecule has 2 fully saturated rings. The van der Waals surface area contributed by atoms with E-state index in [9.17, 15) is 4.79 Å². The second kappa shape index (κ2) is 6.33. The third-order valence-electron chi connectivity index (χ3n) is 5.36. The molecule has 2 N–H and O–H groups in total. The Hall–Kier alpha value is -1.96. The Morgan fingerprint density at radius 3 is 2.73 bits per heavy atom. The van der Waals surface area contributed by atoms with Gasteiger partial charge in [0.2, 0.25) is 0 Å². The molecule has 2 saturated heterocycles. The highest BCUT2D eigenvalue weighted by molar-refractivity contribution is 7.29. The van der Waals surface area contributed by atoms with Crippen LogP contribution in [0.1, 0.15) is 15.2 Å². The van der Waals surface area contributed by atoms with Crippen molar-refractivity contribution in [2.45, 2.75) is 6.92 Å². The highest BCUT2D eigenvalue weighted by Crippen LogP contribution is 2.36. The number of amides is 1. The molecule has 7 heteroatoms. The molecule has 2 aliphatic heterocycles. The van der Waals surface area contributed by atoms with Crippen molar-refractivity contribution in [3.05, 3.63) is 40.8 Å². The van der Waals surface area contributed by atoms with Gasteiger partial charge in [-0.1, -0.05) is 29.5 Å². The SMILES string of the molecule is Cc1ccccc1Nc1nc2sc(C(=O)N3C[C@H]4CNC[C@H]4C3)cc2s1. The van der Waals surface area contributed by atoms with E-state index in [-0.39, 0.29) is 5.91 Å². The van der Waals surface area contributed by atoms with E-state index in [4.69, 9.17) is 0 Å². The van der Waals surface area contributed by atoms with Crippen LogP contribution in [0.25, 0.3) is 9.53 Å². The van der Waals surface area contributed by atoms with Crippen molar-refractivity contribution in [1.82, 2.24) is 15.2 Å². The first-order valence-corrected chi connectivity index (χ1v) is 10.5. The lowest BCUT2D eigenvalue weighted by Gasteiger charge is -2.16. The van der Waals surface area contributed by atoms with Crippen LogP contribution < -0.4 is 10.6 Å². The smallest absolute Gasteiger partial charge is 0.264 e. The summed E-state index contributed by atoms with van der Waals surface area (Å²) in [6, 6.07) is 10.2. The van der Waals surface area contributed by atoms with Gasteiger partial charge in [0.1, 0.15) is 4.83 Å². The zero-order chi connectivity index (χ0) is 17.7. The van der Waals surface area contributed by atoms with E-state index in [1.165, 1.54) is 16.9 Å². The number of likely N-dealkylation sites (tertiary alicyclic amines) is 1. The summed E-state index contributed by atoms with van der Waals surface area (Å²) in [7, 11) is 0. The van der Waals surface area contributed by atoms with E-state index in [1.807, 2.05) is 23.1 Å². The topological polar surface area (TPSA) is 57.3 Å². The molecule has 26 heavy (non-hydrogen) atoms. The number of hydrogen-bond donors (Lipinski definition) is 2. The first kappa shape index (κ1) is 16.2. The monoisotopic (exact) mass is 384 g/mol. The van der Waals surface area contributed by atoms with Crippen molar-refractivity contribution in [2.24, 2.45) is 11.8 Å². The van der Waals surface area contributed by atoms with Gasteiger partial charge in [-0.2, -0.15) is 0 Å². The standard InChI is InChI=1S/C19H20N4OS2/c1-11-4-2-3-5-14(11)21-19-22-17-15(26-19)6-16(25-17)18(24)23-9-12-7-20-8-13(12)10-23/h2-6,12-13,20H,7-10H2,1H3,(H,21,22)/t12-,13+. The number of carbonyl (C=O) groups is 1. The maximum absolute atomic E-state index is 12.8. The molecule has 2 aliphatic rings. The van der Waals surface area contributed by atoms with Gasteiger partial charge in [0.25, 0.3) is 5.91 Å². The molecule has 0 unspecified atom stereocenters. The fourth-order valence-corrected chi connectivity index (χ4v) is 6.00. The van der Waals surface area contributed by atoms with Gasteiger partial charge in [-0.05, 0) is 36.5 Å². The summed E-state index contributed by atoms with van der Waals surface area (Å²) in [6.07, 6.45) is 0. The van der Waals surface area contributed by atoms with Crippen molar-refractivity contribution in [3.63, 3.8) is 0 Å². The normalized spacial score (nSPS) is 22.1. The van der Waals surface area contributed by atoms with Crippen LogP contribution >= 0.6 is 22.7 Å². The third kappa shape index (κ3) is 2.80. The Labute approximate surface area is 160 Å². The van der Waals surface area contributed by atoms with Crippen molar-refractivity contribution >= 4 is 48.9 Å². The van der Waals surface area contributed by atoms with E-state index in [2.05, 4.69) is 34.7 Å². The van der Waals surface area contributed by atoms with Crippen molar-refractivity contribution in [1.29, 1.82) is 0 Å². The van der Waals surface area contributed by atoms with Crippen LogP contribution in [-0.2, 0) is 0 Å². The summed E-state index contributed by atoms with van der Waals surface area (Å²) >= 11 is 3.11. The zero-order valence-corrected chi connectivity index (χ0v) is 16.1. The molecule has 134 valence electrons. The molecule has 4 heterocycles. The van der Waals surface area contributed by atoms with Gasteiger partial charge in [-0.25, -0.2) is 4.98 Å². The molecule has 0 spiro atoms. The van der Waals surface area contributed by atoms with Gasteiger partial charge in [0, 0.05) is 31.9 Å². The van der Waals surface area contributed by atoms with E-state index in [0.717, 1.165) is 51.4 Å². The lowest BCUT2D eigenvalue weighted by Crippen LogP contribution is -2.31. The minimum Gasteiger partial charge on any atom is -0.337 e. The Kier molecular flexibility index (Phi) is 3.95. The fourth-order valence-electron chi connectivity index (χ4n) is 3.90. The molecule has 1 aromatic carbocycles. The van der Waals surface area contributed by atoms with Crippen LogP contribution in [0.15, 0.2) is 30.3 Å². The van der Waals surface area contributed by atoms with Crippen LogP contribution in [0.2, 0.25) is 0 Å². The number of aryl methyl sites for hydroxylation is 1. The van der Waals surface area contributed by atoms with Crippen molar-refractivity contribution in [3.8, 4) is 0 Å². The number of fused-ring (bicyclic) bond motifs is 2. The summed E-state index contributed by atoms with van der Waals surface area (Å²) in [5.74, 6) is 1.43. The number of rotatable bonds is 3. The molecular formula is C19H20N4OS2. The Morgan fingerprint density at radius 1 is 1.23 bits per heavy atom. The number of hydrogen-bond acceptors (Lipinski definition) is 6. The number of thiophene rings is 1. The fraction of sp³-hybridized carbons (Fsp3) is 0.368. The van der Waals surface area contributed by atoms with Gasteiger partial charge in [0.05, 0.1) is 9.58 Å². The molecule has 5 nitrogen and oxygen atoms in total. The van der Waals surface area contributed by atoms with E-state index < -0.39 is 0 Å². The third-order valence-corrected chi connectivity index (χ3v) is 7.43. The highest BCUT2D eigenvalue weighted by Gasteiger charge is 2.38. The maximum atomic E-state index is 12.8. The Bertz CT molecular complexity index is 935. The van der Waals surface area contributed by atoms with E-state index in [0.29, 0.717) is 11.8 Å². The lowest BCUT2D eigenvalue weighted by molar-refractivity contribution is 0.0786. The Morgan fingerprint density at radius 2 is 2.00 bits per heavy atom. The molecule has 0 aliphatic carbocycles. The van der Waals surface area contributed by atoms with Crippen LogP contribution in [0, 0.1) is 18.8 Å². The summed E-state index contributed by atoms with van der Waals surface area (Å²) in [5, 5.41) is 7.69. The molecule has 2 atom stereocenters. The van der Waals surface area contributed by atoms with Gasteiger partial charge in [0.15, 0.2) is 5.13 Å². The number of aromatic nitrogens is 1. The molecule has 3 aromatic rings. The summed E-state index contributed by atoms with van der Waals surface area (Å²) in [5.41, 5.74) is 2.26. The average Bonchev–Trinajstić information content (AvgIpc) is 3.34. The predicted molar refractivity (Wildman–Crippen MR) is 108 cm³/mol. The maximum Gasteiger partial charge on any atom is 0.264 e. The largest absolute Gasteiger partial charge is 0.337 e. The summed E-state index contributed by atoms with van der Waals surface area (Å²) in [4.78, 5) is 21.3. The molecule has 1 amide bonds. The molecule has 2 aromatic heterocycles. The number of anilines is 2. The Balaban J connectivity index is 1.34. The number of thiazole rings is 1. The molecule has 0 radical (unpaired) electrons. The highest BCUT2D eigenvalue weighted by atomic mass is 32.1. The van der Waals surface area contributed by atoms with Crippen LogP contribution in [0.5, 0.6) is 0 Å². The second-order valence-corrected chi connectivity index (χ2v) is 9.19. The average molecular weight is 385 g/mol. The van der Waals surface area contributed by atoms with Crippen molar-refractivity contribution < 1.29 is 4.79 Å². The molecule has 0 saturated carbocycles. The van der Waals surface area contributed by atoms with Crippen molar-refractivity contribution in [2.75, 3.05) is 31.5 Å². The predicted octanol–water partition coefficient (Wildman–Crippen LogP) is 3.70. The molecular weight excluding hydrogens is 364 g/mol. The summed E-state index contributed by atoms with van der Waals surface area (Å²) in [6.45, 7) is 5.94.